The molecule has 2 rings (SSSR count). The van der Waals surface area contributed by atoms with Crippen LogP contribution in [0.2, 0.25) is 5.15 Å². The van der Waals surface area contributed by atoms with Gasteiger partial charge in [-0.1, -0.05) is 22.9 Å². The summed E-state index contributed by atoms with van der Waals surface area (Å²) in [7, 11) is 0. The minimum Gasteiger partial charge on any atom is -0.462 e. The van der Waals surface area contributed by atoms with Crippen LogP contribution in [0.25, 0.3) is 11.4 Å². The summed E-state index contributed by atoms with van der Waals surface area (Å²) in [5.74, 6) is -0.474. The molecule has 18 heavy (non-hydrogen) atoms. The number of carbonyl (C=O) groups is 1. The van der Waals surface area contributed by atoms with Crippen LogP contribution in [0.5, 0.6) is 0 Å². The number of hydrogen-bond acceptors (Lipinski definition) is 7. The quantitative estimate of drug-likeness (QED) is 0.867. The van der Waals surface area contributed by atoms with Gasteiger partial charge in [0.25, 0.3) is 0 Å². The van der Waals surface area contributed by atoms with Crippen LogP contribution in [0.15, 0.2) is 12.4 Å². The van der Waals surface area contributed by atoms with E-state index in [-0.39, 0.29) is 16.9 Å². The van der Waals surface area contributed by atoms with Crippen LogP contribution in [-0.2, 0) is 4.74 Å². The third kappa shape index (κ3) is 2.57. The zero-order chi connectivity index (χ0) is 13.1. The van der Waals surface area contributed by atoms with E-state index >= 15 is 0 Å². The van der Waals surface area contributed by atoms with Gasteiger partial charge in [-0.3, -0.25) is 0 Å². The molecule has 0 saturated carbocycles. The number of ether oxygens (including phenoxy) is 1. The molecule has 0 aliphatic heterocycles. The van der Waals surface area contributed by atoms with Crippen molar-refractivity contribution in [3.8, 4) is 11.4 Å². The van der Waals surface area contributed by atoms with Crippen LogP contribution < -0.4 is 5.73 Å². The fourth-order valence-corrected chi connectivity index (χ4v) is 2.11. The molecule has 0 aliphatic rings. The average Bonchev–Trinajstić information content (AvgIpc) is 2.73. The Bertz CT molecular complexity index is 570. The third-order valence-electron chi connectivity index (χ3n) is 1.97. The molecule has 0 bridgehead atoms. The van der Waals surface area contributed by atoms with E-state index in [1.165, 1.54) is 12.4 Å². The number of nitrogens with zero attached hydrogens (tertiary/aromatic N) is 3. The van der Waals surface area contributed by atoms with Crippen molar-refractivity contribution in [1.29, 1.82) is 0 Å². The molecule has 2 aromatic rings. The van der Waals surface area contributed by atoms with Gasteiger partial charge in [-0.05, 0) is 6.92 Å². The summed E-state index contributed by atoms with van der Waals surface area (Å²) in [6.45, 7) is 2.01. The highest BCUT2D eigenvalue weighted by Gasteiger charge is 2.20. The number of anilines is 1. The highest BCUT2D eigenvalue weighted by Crippen LogP contribution is 2.28. The van der Waals surface area contributed by atoms with Crippen LogP contribution in [0.1, 0.15) is 16.6 Å². The molecule has 0 amide bonds. The van der Waals surface area contributed by atoms with Crippen molar-refractivity contribution in [2.45, 2.75) is 6.92 Å². The summed E-state index contributed by atoms with van der Waals surface area (Å²) in [4.78, 5) is 24.0. The Morgan fingerprint density at radius 3 is 2.89 bits per heavy atom. The van der Waals surface area contributed by atoms with Gasteiger partial charge in [0.1, 0.15) is 21.4 Å². The van der Waals surface area contributed by atoms with E-state index in [4.69, 9.17) is 22.1 Å². The Morgan fingerprint density at radius 1 is 1.50 bits per heavy atom. The largest absolute Gasteiger partial charge is 0.462 e. The molecular weight excluding hydrogens is 276 g/mol. The molecule has 94 valence electrons. The van der Waals surface area contributed by atoms with Crippen molar-refractivity contribution in [3.05, 3.63) is 22.4 Å². The molecule has 0 fully saturated rings. The minimum atomic E-state index is -0.474. The molecule has 2 aromatic heterocycles. The number of hydrogen-bond donors (Lipinski definition) is 1. The van der Waals surface area contributed by atoms with Gasteiger partial charge in [-0.2, -0.15) is 0 Å². The number of nitrogens with two attached hydrogens (primary N) is 1. The Hall–Kier alpha value is -1.73. The molecule has 6 nitrogen and oxygen atoms in total. The van der Waals surface area contributed by atoms with E-state index in [1.54, 1.807) is 6.92 Å². The van der Waals surface area contributed by atoms with Crippen molar-refractivity contribution in [1.82, 2.24) is 15.0 Å². The molecule has 0 saturated heterocycles. The number of thiazole rings is 1. The Kier molecular flexibility index (Phi) is 3.73. The first-order valence-corrected chi connectivity index (χ1v) is 6.22. The second-order valence-corrected chi connectivity index (χ2v) is 4.59. The van der Waals surface area contributed by atoms with E-state index in [1.807, 2.05) is 0 Å². The molecule has 0 aromatic carbocycles. The van der Waals surface area contributed by atoms with Gasteiger partial charge in [0.05, 0.1) is 19.0 Å². The van der Waals surface area contributed by atoms with Gasteiger partial charge in [0, 0.05) is 0 Å². The summed E-state index contributed by atoms with van der Waals surface area (Å²) in [5.41, 5.74) is 6.39. The van der Waals surface area contributed by atoms with Crippen LogP contribution in [0, 0.1) is 0 Å². The highest BCUT2D eigenvalue weighted by molar-refractivity contribution is 7.17. The summed E-state index contributed by atoms with van der Waals surface area (Å²) in [6.07, 6.45) is 2.81. The van der Waals surface area contributed by atoms with E-state index in [9.17, 15) is 4.79 Å². The van der Waals surface area contributed by atoms with Crippen LogP contribution in [0.4, 0.5) is 5.13 Å². The van der Waals surface area contributed by atoms with E-state index in [0.29, 0.717) is 16.3 Å². The molecule has 2 N–H and O–H groups in total. The molecular formula is C10H9ClN4O2S. The van der Waals surface area contributed by atoms with E-state index in [0.717, 1.165) is 11.3 Å². The first kappa shape index (κ1) is 12.7. The number of halogens is 1. The predicted octanol–water partition coefficient (Wildman–Crippen LogP) is 2.01. The Balaban J connectivity index is 2.44. The lowest BCUT2D eigenvalue weighted by atomic mass is 10.3. The number of aromatic nitrogens is 3. The van der Waals surface area contributed by atoms with Crippen molar-refractivity contribution in [2.24, 2.45) is 0 Å². The van der Waals surface area contributed by atoms with Crippen LogP contribution in [0.3, 0.4) is 0 Å². The van der Waals surface area contributed by atoms with Crippen molar-refractivity contribution in [3.63, 3.8) is 0 Å². The van der Waals surface area contributed by atoms with Gasteiger partial charge in [0.2, 0.25) is 0 Å². The fourth-order valence-electron chi connectivity index (χ4n) is 1.28. The standard InChI is InChI=1S/C10H9ClN4O2S/c1-2-17-9(16)8-7(15-10(12)18-8)5-3-14-6(11)4-13-5/h3-4H,2H2,1H3,(H2,12,15). The Labute approximate surface area is 112 Å². The zero-order valence-corrected chi connectivity index (χ0v) is 11.0. The SMILES string of the molecule is CCOC(=O)c1sc(N)nc1-c1cnc(Cl)cn1. The lowest BCUT2D eigenvalue weighted by Gasteiger charge is -2.01. The molecule has 8 heteroatoms. The lowest BCUT2D eigenvalue weighted by Crippen LogP contribution is -2.04. The number of rotatable bonds is 3. The van der Waals surface area contributed by atoms with Gasteiger partial charge < -0.3 is 10.5 Å². The summed E-state index contributed by atoms with van der Waals surface area (Å²) >= 11 is 6.70. The highest BCUT2D eigenvalue weighted by atomic mass is 35.5. The molecule has 0 spiro atoms. The maximum absolute atomic E-state index is 11.7. The Morgan fingerprint density at radius 2 is 2.28 bits per heavy atom. The summed E-state index contributed by atoms with van der Waals surface area (Å²) in [6, 6.07) is 0. The maximum Gasteiger partial charge on any atom is 0.350 e. The van der Waals surface area contributed by atoms with Crippen LogP contribution in [-0.4, -0.2) is 27.5 Å². The van der Waals surface area contributed by atoms with Crippen molar-refractivity contribution < 1.29 is 9.53 Å². The van der Waals surface area contributed by atoms with Crippen LogP contribution >= 0.6 is 22.9 Å². The monoisotopic (exact) mass is 284 g/mol. The molecule has 0 radical (unpaired) electrons. The van der Waals surface area contributed by atoms with Crippen molar-refractivity contribution >= 4 is 34.0 Å². The van der Waals surface area contributed by atoms with Gasteiger partial charge >= 0.3 is 5.97 Å². The third-order valence-corrected chi connectivity index (χ3v) is 3.03. The van der Waals surface area contributed by atoms with Gasteiger partial charge in [-0.15, -0.1) is 0 Å². The zero-order valence-electron chi connectivity index (χ0n) is 9.38. The number of carbonyl (C=O) groups excluding carboxylic acids is 1. The number of esters is 1. The van der Waals surface area contributed by atoms with Gasteiger partial charge in [-0.25, -0.2) is 19.7 Å². The van der Waals surface area contributed by atoms with E-state index in [2.05, 4.69) is 15.0 Å². The average molecular weight is 285 g/mol. The smallest absolute Gasteiger partial charge is 0.350 e. The molecule has 0 unspecified atom stereocenters. The summed E-state index contributed by atoms with van der Waals surface area (Å²) < 4.78 is 4.93. The molecule has 0 aliphatic carbocycles. The van der Waals surface area contributed by atoms with Crippen molar-refractivity contribution in [2.75, 3.05) is 12.3 Å². The van der Waals surface area contributed by atoms with Gasteiger partial charge in [0.15, 0.2) is 5.13 Å². The minimum absolute atomic E-state index is 0.264. The molecule has 0 atom stereocenters. The first-order chi connectivity index (χ1) is 8.61. The second kappa shape index (κ2) is 5.28. The fraction of sp³-hybridized carbons (Fsp3) is 0.200. The normalized spacial score (nSPS) is 10.3. The summed E-state index contributed by atoms with van der Waals surface area (Å²) in [5, 5.41) is 0.532. The molecule has 2 heterocycles. The van der Waals surface area contributed by atoms with E-state index < -0.39 is 5.97 Å². The maximum atomic E-state index is 11.7. The lowest BCUT2D eigenvalue weighted by molar-refractivity contribution is 0.0532. The predicted molar refractivity (Wildman–Crippen MR) is 68.5 cm³/mol. The number of nitrogen functional groups attached to an aromatic ring is 1. The topological polar surface area (TPSA) is 91.0 Å². The first-order valence-electron chi connectivity index (χ1n) is 5.03. The second-order valence-electron chi connectivity index (χ2n) is 3.17.